The number of fused-ring (bicyclic) bond motifs is 3. The van der Waals surface area contributed by atoms with Crippen LogP contribution in [0.2, 0.25) is 0 Å². The van der Waals surface area contributed by atoms with E-state index in [1.165, 1.54) is 5.56 Å². The summed E-state index contributed by atoms with van der Waals surface area (Å²) in [5, 5.41) is 8.81. The van der Waals surface area contributed by atoms with Crippen molar-refractivity contribution in [1.82, 2.24) is 19.9 Å². The first-order valence-electron chi connectivity index (χ1n) is 10.1. The van der Waals surface area contributed by atoms with E-state index in [4.69, 9.17) is 10.1 Å². The Bertz CT molecular complexity index is 1160. The fourth-order valence-electron chi connectivity index (χ4n) is 3.83. The highest BCUT2D eigenvalue weighted by Gasteiger charge is 2.15. The van der Waals surface area contributed by atoms with Gasteiger partial charge in [0, 0.05) is 29.7 Å². The van der Waals surface area contributed by atoms with Crippen LogP contribution in [-0.4, -0.2) is 27.0 Å². The van der Waals surface area contributed by atoms with Crippen molar-refractivity contribution in [3.63, 3.8) is 0 Å². The summed E-state index contributed by atoms with van der Waals surface area (Å²) in [6, 6.07) is 18.3. The van der Waals surface area contributed by atoms with Crippen molar-refractivity contribution >= 4 is 22.5 Å². The Morgan fingerprint density at radius 2 is 1.79 bits per heavy atom. The average Bonchev–Trinajstić information content (AvgIpc) is 3.11. The van der Waals surface area contributed by atoms with Gasteiger partial charge in [0.15, 0.2) is 5.65 Å². The molecule has 2 aromatic heterocycles. The van der Waals surface area contributed by atoms with Crippen LogP contribution in [0.5, 0.6) is 0 Å². The summed E-state index contributed by atoms with van der Waals surface area (Å²) in [6.45, 7) is 6.84. The van der Waals surface area contributed by atoms with E-state index in [2.05, 4.69) is 31.3 Å². The minimum absolute atomic E-state index is 0.0669. The van der Waals surface area contributed by atoms with Crippen molar-refractivity contribution in [2.75, 3.05) is 6.54 Å². The van der Waals surface area contributed by atoms with Crippen LogP contribution >= 0.6 is 0 Å². The molecule has 0 fully saturated rings. The second kappa shape index (κ2) is 8.03. The Balaban J connectivity index is 1.45. The number of benzene rings is 2. The van der Waals surface area contributed by atoms with E-state index in [9.17, 15) is 4.79 Å². The Labute approximate surface area is 170 Å². The molecule has 148 valence electrons. The number of rotatable bonds is 6. The van der Waals surface area contributed by atoms with Crippen LogP contribution in [0, 0.1) is 13.8 Å². The third kappa shape index (κ3) is 3.86. The van der Waals surface area contributed by atoms with Crippen LogP contribution < -0.4 is 5.32 Å². The van der Waals surface area contributed by atoms with Gasteiger partial charge in [-0.3, -0.25) is 4.79 Å². The Morgan fingerprint density at radius 1 is 1.07 bits per heavy atom. The van der Waals surface area contributed by atoms with Crippen LogP contribution in [0.1, 0.15) is 41.8 Å². The summed E-state index contributed by atoms with van der Waals surface area (Å²) in [6.07, 6.45) is 1.10. The molecular weight excluding hydrogens is 360 g/mol. The molecule has 1 atom stereocenters. The number of hydrogen-bond donors (Lipinski definition) is 1. The number of aryl methyl sites for hydroxylation is 2. The summed E-state index contributed by atoms with van der Waals surface area (Å²) in [4.78, 5) is 17.2. The van der Waals surface area contributed by atoms with Crippen LogP contribution in [0.3, 0.4) is 0 Å². The topological polar surface area (TPSA) is 59.3 Å². The van der Waals surface area contributed by atoms with Gasteiger partial charge >= 0.3 is 0 Å². The van der Waals surface area contributed by atoms with Gasteiger partial charge in [0.1, 0.15) is 0 Å². The highest BCUT2D eigenvalue weighted by Crippen LogP contribution is 2.23. The first kappa shape index (κ1) is 19.1. The van der Waals surface area contributed by atoms with E-state index >= 15 is 0 Å². The molecule has 0 aliphatic carbocycles. The maximum absolute atomic E-state index is 12.4. The average molecular weight is 386 g/mol. The Hall–Kier alpha value is -3.21. The van der Waals surface area contributed by atoms with E-state index in [0.29, 0.717) is 19.4 Å². The second-order valence-electron chi connectivity index (χ2n) is 7.63. The summed E-state index contributed by atoms with van der Waals surface area (Å²) in [5.74, 6) is 0.357. The Kier molecular flexibility index (Phi) is 5.30. The molecule has 2 heterocycles. The lowest BCUT2D eigenvalue weighted by Crippen LogP contribution is -2.27. The van der Waals surface area contributed by atoms with E-state index in [1.807, 2.05) is 53.9 Å². The number of hydrogen-bond acceptors (Lipinski definition) is 3. The minimum Gasteiger partial charge on any atom is -0.355 e. The van der Waals surface area contributed by atoms with Crippen molar-refractivity contribution in [2.24, 2.45) is 0 Å². The minimum atomic E-state index is 0.0669. The molecule has 5 heteroatoms. The number of nitrogens with zero attached hydrogens (tertiary/aromatic N) is 3. The van der Waals surface area contributed by atoms with E-state index in [0.717, 1.165) is 33.5 Å². The van der Waals surface area contributed by atoms with Gasteiger partial charge in [0.05, 0.1) is 5.52 Å². The summed E-state index contributed by atoms with van der Waals surface area (Å²) in [5.41, 5.74) is 6.16. The van der Waals surface area contributed by atoms with Crippen molar-refractivity contribution in [3.05, 3.63) is 77.1 Å². The lowest BCUT2D eigenvalue weighted by atomic mass is 10.0. The third-order valence-corrected chi connectivity index (χ3v) is 5.59. The van der Waals surface area contributed by atoms with Gasteiger partial charge in [0.2, 0.25) is 5.91 Å². The molecule has 0 radical (unpaired) electrons. The van der Waals surface area contributed by atoms with E-state index in [-0.39, 0.29) is 11.8 Å². The molecule has 1 amide bonds. The summed E-state index contributed by atoms with van der Waals surface area (Å²) >= 11 is 0. The molecule has 2 aromatic carbocycles. The van der Waals surface area contributed by atoms with Crippen LogP contribution in [0.15, 0.2) is 54.6 Å². The third-order valence-electron chi connectivity index (χ3n) is 5.59. The first-order chi connectivity index (χ1) is 14.0. The monoisotopic (exact) mass is 386 g/mol. The van der Waals surface area contributed by atoms with Crippen molar-refractivity contribution in [3.8, 4) is 0 Å². The normalized spacial score (nSPS) is 12.4. The van der Waals surface area contributed by atoms with Crippen LogP contribution in [0.25, 0.3) is 16.6 Å². The summed E-state index contributed by atoms with van der Waals surface area (Å²) in [7, 11) is 0. The molecule has 0 aliphatic rings. The zero-order valence-corrected chi connectivity index (χ0v) is 17.1. The molecule has 1 unspecified atom stereocenters. The molecule has 0 aliphatic heterocycles. The maximum Gasteiger partial charge on any atom is 0.220 e. The molecule has 5 nitrogen and oxygen atoms in total. The maximum atomic E-state index is 12.4. The largest absolute Gasteiger partial charge is 0.355 e. The lowest BCUT2D eigenvalue weighted by molar-refractivity contribution is -0.121. The van der Waals surface area contributed by atoms with Crippen molar-refractivity contribution in [1.29, 1.82) is 0 Å². The molecule has 0 bridgehead atoms. The molecule has 0 saturated carbocycles. The van der Waals surface area contributed by atoms with Gasteiger partial charge in [-0.25, -0.2) is 9.50 Å². The first-order valence-corrected chi connectivity index (χ1v) is 10.1. The SMILES string of the molecule is Cc1nc2c3ccccc3nn2c(C)c1CCC(=O)NCC(C)c1ccccc1. The molecular formula is C24H26N4O. The van der Waals surface area contributed by atoms with Crippen molar-refractivity contribution in [2.45, 2.75) is 39.5 Å². The predicted octanol–water partition coefficient (Wildman–Crippen LogP) is 4.35. The fourth-order valence-corrected chi connectivity index (χ4v) is 3.83. The number of nitrogens with one attached hydrogen (secondary N) is 1. The predicted molar refractivity (Wildman–Crippen MR) is 116 cm³/mol. The van der Waals surface area contributed by atoms with Crippen LogP contribution in [-0.2, 0) is 11.2 Å². The number of carbonyl (C=O) groups excluding carboxylic acids is 1. The lowest BCUT2D eigenvalue weighted by Gasteiger charge is -2.14. The van der Waals surface area contributed by atoms with Gasteiger partial charge in [-0.15, -0.1) is 0 Å². The van der Waals surface area contributed by atoms with Gasteiger partial charge in [-0.1, -0.05) is 49.4 Å². The standard InChI is InChI=1S/C24H26N4O/c1-16(19-9-5-4-6-10-19)15-25-23(29)14-13-20-17(2)26-24-21-11-7-8-12-22(21)27-28(24)18(20)3/h4-12,16H,13-15H2,1-3H3,(H,25,29). The second-order valence-corrected chi connectivity index (χ2v) is 7.63. The Morgan fingerprint density at radius 3 is 2.59 bits per heavy atom. The van der Waals surface area contributed by atoms with Gasteiger partial charge in [-0.05, 0) is 49.4 Å². The smallest absolute Gasteiger partial charge is 0.220 e. The summed E-state index contributed by atoms with van der Waals surface area (Å²) < 4.78 is 1.91. The highest BCUT2D eigenvalue weighted by atomic mass is 16.1. The molecule has 4 aromatic rings. The van der Waals surface area contributed by atoms with Crippen LogP contribution in [0.4, 0.5) is 0 Å². The highest BCUT2D eigenvalue weighted by molar-refractivity contribution is 5.92. The van der Waals surface area contributed by atoms with E-state index in [1.54, 1.807) is 0 Å². The van der Waals surface area contributed by atoms with Gasteiger partial charge in [0.25, 0.3) is 0 Å². The number of amides is 1. The molecule has 29 heavy (non-hydrogen) atoms. The quantitative estimate of drug-likeness (QED) is 0.536. The molecule has 1 N–H and O–H groups in total. The van der Waals surface area contributed by atoms with Crippen molar-refractivity contribution < 1.29 is 4.79 Å². The van der Waals surface area contributed by atoms with Gasteiger partial charge in [-0.2, -0.15) is 5.10 Å². The molecule has 0 spiro atoms. The fraction of sp³-hybridized carbons (Fsp3) is 0.292. The zero-order valence-electron chi connectivity index (χ0n) is 17.1. The molecule has 0 saturated heterocycles. The molecule has 4 rings (SSSR count). The zero-order chi connectivity index (χ0) is 20.4. The van der Waals surface area contributed by atoms with E-state index < -0.39 is 0 Å². The number of carbonyl (C=O) groups is 1. The number of aromatic nitrogens is 3. The van der Waals surface area contributed by atoms with Gasteiger partial charge < -0.3 is 5.32 Å².